The van der Waals surface area contributed by atoms with E-state index in [-0.39, 0.29) is 0 Å². The monoisotopic (exact) mass is 267 g/mol. The van der Waals surface area contributed by atoms with E-state index in [0.717, 1.165) is 34.5 Å². The second-order valence-electron chi connectivity index (χ2n) is 3.73. The summed E-state index contributed by atoms with van der Waals surface area (Å²) in [7, 11) is 0. The summed E-state index contributed by atoms with van der Waals surface area (Å²) in [4.78, 5) is 4.52. The van der Waals surface area contributed by atoms with Gasteiger partial charge in [0, 0.05) is 10.7 Å². The van der Waals surface area contributed by atoms with E-state index in [2.05, 4.69) is 34.8 Å². The van der Waals surface area contributed by atoms with Crippen LogP contribution in [0.15, 0.2) is 16.7 Å². The summed E-state index contributed by atoms with van der Waals surface area (Å²) in [6, 6.07) is 2.04. The number of nitrogens with zero attached hydrogens (tertiary/aromatic N) is 2. The lowest BCUT2D eigenvalue weighted by Crippen LogP contribution is -1.96. The van der Waals surface area contributed by atoms with Crippen molar-refractivity contribution in [1.82, 2.24) is 9.38 Å². The van der Waals surface area contributed by atoms with E-state index < -0.39 is 0 Å². The molecule has 0 bridgehead atoms. The largest absolute Gasteiger partial charge is 0.383 e. The molecule has 80 valence electrons. The lowest BCUT2D eigenvalue weighted by atomic mass is 10.2. The Morgan fingerprint density at radius 3 is 2.93 bits per heavy atom. The van der Waals surface area contributed by atoms with Crippen molar-refractivity contribution in [2.75, 3.05) is 5.73 Å². The second-order valence-corrected chi connectivity index (χ2v) is 4.58. The molecule has 0 fully saturated rings. The van der Waals surface area contributed by atoms with Crippen LogP contribution in [0.3, 0.4) is 0 Å². The number of fused-ring (bicyclic) bond motifs is 1. The Morgan fingerprint density at radius 2 is 2.27 bits per heavy atom. The number of hydrogen-bond acceptors (Lipinski definition) is 2. The molecule has 2 aromatic rings. The van der Waals surface area contributed by atoms with Crippen LogP contribution in [0.5, 0.6) is 0 Å². The number of rotatable bonds is 2. The van der Waals surface area contributed by atoms with Crippen molar-refractivity contribution < 1.29 is 0 Å². The summed E-state index contributed by atoms with van der Waals surface area (Å²) in [5.41, 5.74) is 9.12. The summed E-state index contributed by atoms with van der Waals surface area (Å²) in [6.45, 7) is 4.18. The fourth-order valence-electron chi connectivity index (χ4n) is 1.65. The van der Waals surface area contributed by atoms with Gasteiger partial charge in [0.2, 0.25) is 0 Å². The highest BCUT2D eigenvalue weighted by Gasteiger charge is 2.09. The van der Waals surface area contributed by atoms with Gasteiger partial charge in [-0.3, -0.25) is 4.40 Å². The number of nitrogen functional groups attached to an aromatic ring is 1. The Labute approximate surface area is 97.4 Å². The Hall–Kier alpha value is -1.03. The highest BCUT2D eigenvalue weighted by molar-refractivity contribution is 9.10. The van der Waals surface area contributed by atoms with Gasteiger partial charge in [0.05, 0.1) is 5.69 Å². The van der Waals surface area contributed by atoms with Crippen LogP contribution in [0, 0.1) is 6.92 Å². The lowest BCUT2D eigenvalue weighted by Gasteiger charge is -2.00. The minimum Gasteiger partial charge on any atom is -0.383 e. The molecule has 4 heteroatoms. The van der Waals surface area contributed by atoms with Crippen LogP contribution in [0.25, 0.3) is 5.65 Å². The second kappa shape index (κ2) is 3.85. The molecule has 15 heavy (non-hydrogen) atoms. The highest BCUT2D eigenvalue weighted by atomic mass is 79.9. The first-order valence-electron chi connectivity index (χ1n) is 5.06. The van der Waals surface area contributed by atoms with Gasteiger partial charge in [-0.1, -0.05) is 13.3 Å². The van der Waals surface area contributed by atoms with Crippen molar-refractivity contribution in [2.45, 2.75) is 26.7 Å². The topological polar surface area (TPSA) is 43.3 Å². The van der Waals surface area contributed by atoms with Gasteiger partial charge in [-0.05, 0) is 40.9 Å². The quantitative estimate of drug-likeness (QED) is 0.910. The number of aromatic nitrogens is 2. The number of halogens is 1. The molecular weight excluding hydrogens is 254 g/mol. The fraction of sp³-hybridized carbons (Fsp3) is 0.364. The van der Waals surface area contributed by atoms with Crippen molar-refractivity contribution in [1.29, 1.82) is 0 Å². The van der Waals surface area contributed by atoms with E-state index in [0.29, 0.717) is 0 Å². The van der Waals surface area contributed by atoms with Gasteiger partial charge < -0.3 is 5.73 Å². The van der Waals surface area contributed by atoms with Gasteiger partial charge in [0.25, 0.3) is 0 Å². The number of aryl methyl sites for hydroxylation is 2. The average molecular weight is 268 g/mol. The summed E-state index contributed by atoms with van der Waals surface area (Å²) < 4.78 is 2.99. The maximum atomic E-state index is 6.02. The number of nitrogens with two attached hydrogens (primary N) is 1. The Bertz CT molecular complexity index is 502. The number of anilines is 1. The molecule has 3 nitrogen and oxygen atoms in total. The molecule has 0 aromatic carbocycles. The third-order valence-corrected chi connectivity index (χ3v) is 3.33. The molecule has 2 aromatic heterocycles. The van der Waals surface area contributed by atoms with E-state index >= 15 is 0 Å². The van der Waals surface area contributed by atoms with Gasteiger partial charge in [0.1, 0.15) is 11.5 Å². The van der Waals surface area contributed by atoms with Crippen LogP contribution in [0.4, 0.5) is 5.82 Å². The minimum absolute atomic E-state index is 0.757. The number of hydrogen-bond donors (Lipinski definition) is 1. The summed E-state index contributed by atoms with van der Waals surface area (Å²) >= 11 is 3.49. The van der Waals surface area contributed by atoms with Crippen molar-refractivity contribution >= 4 is 27.4 Å². The Kier molecular flexibility index (Phi) is 2.69. The van der Waals surface area contributed by atoms with Crippen molar-refractivity contribution in [2.24, 2.45) is 0 Å². The minimum atomic E-state index is 0.757. The molecular formula is C11H14BrN3. The molecule has 0 aliphatic heterocycles. The molecule has 0 saturated carbocycles. The van der Waals surface area contributed by atoms with Crippen LogP contribution in [0.2, 0.25) is 0 Å². The molecule has 0 saturated heterocycles. The first kappa shape index (κ1) is 10.5. The van der Waals surface area contributed by atoms with E-state index in [1.165, 1.54) is 5.56 Å². The maximum Gasteiger partial charge on any atom is 0.139 e. The van der Waals surface area contributed by atoms with Crippen LogP contribution in [-0.2, 0) is 6.42 Å². The van der Waals surface area contributed by atoms with Gasteiger partial charge >= 0.3 is 0 Å². The summed E-state index contributed by atoms with van der Waals surface area (Å²) in [5.74, 6) is 0.757. The van der Waals surface area contributed by atoms with E-state index in [9.17, 15) is 0 Å². The van der Waals surface area contributed by atoms with E-state index in [4.69, 9.17) is 5.73 Å². The molecule has 0 radical (unpaired) electrons. The van der Waals surface area contributed by atoms with Crippen LogP contribution in [-0.4, -0.2) is 9.38 Å². The highest BCUT2D eigenvalue weighted by Crippen LogP contribution is 2.22. The summed E-state index contributed by atoms with van der Waals surface area (Å²) in [6.07, 6.45) is 3.98. The van der Waals surface area contributed by atoms with Gasteiger partial charge in [-0.15, -0.1) is 0 Å². The lowest BCUT2D eigenvalue weighted by molar-refractivity contribution is 0.897. The maximum absolute atomic E-state index is 6.02. The standard InChI is InChI=1S/C11H14BrN3/c1-3-4-9-11(13)15-6-8(12)7(2)5-10(15)14-9/h5-6H,3-4,13H2,1-2H3. The van der Waals surface area contributed by atoms with Gasteiger partial charge in [-0.2, -0.15) is 0 Å². The Morgan fingerprint density at radius 1 is 1.53 bits per heavy atom. The molecule has 2 rings (SSSR count). The van der Waals surface area contributed by atoms with Crippen molar-refractivity contribution in [3.63, 3.8) is 0 Å². The van der Waals surface area contributed by atoms with E-state index in [1.807, 2.05) is 16.7 Å². The van der Waals surface area contributed by atoms with Gasteiger partial charge in [0.15, 0.2) is 0 Å². The molecule has 0 amide bonds. The molecule has 0 aliphatic carbocycles. The fourth-order valence-corrected chi connectivity index (χ4v) is 1.97. The molecule has 0 atom stereocenters. The third-order valence-electron chi connectivity index (χ3n) is 2.50. The first-order valence-corrected chi connectivity index (χ1v) is 5.85. The van der Waals surface area contributed by atoms with E-state index in [1.54, 1.807) is 0 Å². The zero-order valence-corrected chi connectivity index (χ0v) is 10.5. The molecule has 2 heterocycles. The predicted molar refractivity (Wildman–Crippen MR) is 66.0 cm³/mol. The smallest absolute Gasteiger partial charge is 0.139 e. The SMILES string of the molecule is CCCc1nc2cc(C)c(Br)cn2c1N. The third kappa shape index (κ3) is 1.74. The zero-order chi connectivity index (χ0) is 11.0. The molecule has 2 N–H and O–H groups in total. The number of imidazole rings is 1. The molecule has 0 unspecified atom stereocenters. The van der Waals surface area contributed by atoms with Crippen LogP contribution in [0.1, 0.15) is 24.6 Å². The zero-order valence-electron chi connectivity index (χ0n) is 8.92. The van der Waals surface area contributed by atoms with Crippen LogP contribution >= 0.6 is 15.9 Å². The van der Waals surface area contributed by atoms with Gasteiger partial charge in [-0.25, -0.2) is 4.98 Å². The Balaban J connectivity index is 2.66. The number of pyridine rings is 1. The van der Waals surface area contributed by atoms with Crippen LogP contribution < -0.4 is 5.73 Å². The van der Waals surface area contributed by atoms with Crippen molar-refractivity contribution in [3.8, 4) is 0 Å². The first-order chi connectivity index (χ1) is 7.13. The average Bonchev–Trinajstić information content (AvgIpc) is 2.47. The molecule has 0 aliphatic rings. The molecule has 0 spiro atoms. The van der Waals surface area contributed by atoms with Crippen molar-refractivity contribution in [3.05, 3.63) is 28.0 Å². The predicted octanol–water partition coefficient (Wildman–Crippen LogP) is 2.94. The summed E-state index contributed by atoms with van der Waals surface area (Å²) in [5, 5.41) is 0. The normalized spacial score (nSPS) is 11.1.